The summed E-state index contributed by atoms with van der Waals surface area (Å²) in [6.07, 6.45) is 4.75. The zero-order chi connectivity index (χ0) is 9.31. The zero-order valence-corrected chi connectivity index (χ0v) is 8.65. The second-order valence-corrected chi connectivity index (χ2v) is 6.53. The third-order valence-corrected chi connectivity index (χ3v) is 4.96. The lowest BCUT2D eigenvalue weighted by molar-refractivity contribution is 0.322. The first-order valence-electron chi connectivity index (χ1n) is 5.09. The van der Waals surface area contributed by atoms with Crippen LogP contribution in [-0.2, 0) is 9.84 Å². The molecule has 1 aliphatic heterocycles. The Kier molecular flexibility index (Phi) is 2.60. The Hall–Kier alpha value is -0.0900. The lowest BCUT2D eigenvalue weighted by Gasteiger charge is -2.27. The van der Waals surface area contributed by atoms with Crippen LogP contribution in [0.1, 0.15) is 25.7 Å². The lowest BCUT2D eigenvalue weighted by Crippen LogP contribution is -2.38. The van der Waals surface area contributed by atoms with E-state index in [9.17, 15) is 8.42 Å². The molecule has 1 heterocycles. The van der Waals surface area contributed by atoms with E-state index >= 15 is 0 Å². The van der Waals surface area contributed by atoms with Crippen LogP contribution in [-0.4, -0.2) is 32.5 Å². The van der Waals surface area contributed by atoms with Gasteiger partial charge in [-0.25, -0.2) is 8.42 Å². The quantitative estimate of drug-likeness (QED) is 0.729. The summed E-state index contributed by atoms with van der Waals surface area (Å²) < 4.78 is 22.3. The third-order valence-electron chi connectivity index (χ3n) is 3.13. The molecule has 1 N–H and O–H groups in total. The second-order valence-electron chi connectivity index (χ2n) is 4.31. The molecule has 1 saturated carbocycles. The summed E-state index contributed by atoms with van der Waals surface area (Å²) in [4.78, 5) is 0. The van der Waals surface area contributed by atoms with E-state index in [2.05, 4.69) is 5.32 Å². The Morgan fingerprint density at radius 3 is 2.46 bits per heavy atom. The van der Waals surface area contributed by atoms with Crippen molar-refractivity contribution in [1.82, 2.24) is 5.32 Å². The Bertz CT molecular complexity index is 269. The van der Waals surface area contributed by atoms with Crippen LogP contribution in [0, 0.1) is 5.92 Å². The zero-order valence-electron chi connectivity index (χ0n) is 7.83. The number of hydrogen-bond donors (Lipinski definition) is 1. The van der Waals surface area contributed by atoms with Gasteiger partial charge in [0.05, 0.1) is 11.5 Å². The molecular formula is C9H17NO2S. The van der Waals surface area contributed by atoms with Gasteiger partial charge in [-0.2, -0.15) is 0 Å². The molecule has 0 spiro atoms. The van der Waals surface area contributed by atoms with E-state index in [1.807, 2.05) is 0 Å². The van der Waals surface area contributed by atoms with Gasteiger partial charge in [-0.15, -0.1) is 0 Å². The standard InChI is InChI=1S/C9H17NO2S/c11-13(12)5-4-8(7-13)6-10-9-2-1-3-9/h8-10H,1-7H2. The first kappa shape index (κ1) is 9.46. The molecule has 1 saturated heterocycles. The van der Waals surface area contributed by atoms with Crippen molar-refractivity contribution in [1.29, 1.82) is 0 Å². The van der Waals surface area contributed by atoms with Gasteiger partial charge in [-0.1, -0.05) is 6.42 Å². The van der Waals surface area contributed by atoms with Gasteiger partial charge in [0, 0.05) is 6.04 Å². The monoisotopic (exact) mass is 203 g/mol. The fourth-order valence-corrected chi connectivity index (χ4v) is 3.84. The van der Waals surface area contributed by atoms with Crippen LogP contribution in [0.5, 0.6) is 0 Å². The molecule has 2 aliphatic rings. The minimum atomic E-state index is -2.67. The van der Waals surface area contributed by atoms with Gasteiger partial charge in [-0.05, 0) is 31.7 Å². The normalized spacial score (nSPS) is 33.1. The molecule has 0 aromatic carbocycles. The van der Waals surface area contributed by atoms with E-state index in [0.717, 1.165) is 13.0 Å². The molecule has 2 fully saturated rings. The van der Waals surface area contributed by atoms with E-state index in [-0.39, 0.29) is 0 Å². The summed E-state index contributed by atoms with van der Waals surface area (Å²) in [6.45, 7) is 0.907. The minimum Gasteiger partial charge on any atom is -0.314 e. The van der Waals surface area contributed by atoms with Gasteiger partial charge in [0.25, 0.3) is 0 Å². The van der Waals surface area contributed by atoms with Crippen molar-refractivity contribution in [2.75, 3.05) is 18.1 Å². The summed E-state index contributed by atoms with van der Waals surface area (Å²) in [5, 5.41) is 3.43. The van der Waals surface area contributed by atoms with E-state index in [0.29, 0.717) is 23.5 Å². The molecule has 76 valence electrons. The highest BCUT2D eigenvalue weighted by Gasteiger charge is 2.28. The summed E-state index contributed by atoms with van der Waals surface area (Å²) in [7, 11) is -2.67. The molecule has 1 unspecified atom stereocenters. The summed E-state index contributed by atoms with van der Waals surface area (Å²) in [6, 6.07) is 0.684. The molecule has 2 rings (SSSR count). The van der Waals surface area contributed by atoms with E-state index < -0.39 is 9.84 Å². The minimum absolute atomic E-state index is 0.380. The summed E-state index contributed by atoms with van der Waals surface area (Å²) in [5.74, 6) is 1.20. The van der Waals surface area contributed by atoms with Gasteiger partial charge in [0.15, 0.2) is 9.84 Å². The fraction of sp³-hybridized carbons (Fsp3) is 1.00. The van der Waals surface area contributed by atoms with Crippen LogP contribution in [0.4, 0.5) is 0 Å². The van der Waals surface area contributed by atoms with Crippen LogP contribution in [0.2, 0.25) is 0 Å². The van der Waals surface area contributed by atoms with Crippen molar-refractivity contribution in [2.45, 2.75) is 31.7 Å². The average molecular weight is 203 g/mol. The molecule has 0 radical (unpaired) electrons. The number of nitrogens with one attached hydrogen (secondary N) is 1. The predicted molar refractivity (Wildman–Crippen MR) is 52.4 cm³/mol. The third kappa shape index (κ3) is 2.44. The van der Waals surface area contributed by atoms with Gasteiger partial charge < -0.3 is 5.32 Å². The van der Waals surface area contributed by atoms with Gasteiger partial charge in [0.2, 0.25) is 0 Å². The van der Waals surface area contributed by atoms with Crippen molar-refractivity contribution in [2.24, 2.45) is 5.92 Å². The topological polar surface area (TPSA) is 46.2 Å². The first-order valence-corrected chi connectivity index (χ1v) is 6.92. The van der Waals surface area contributed by atoms with Crippen LogP contribution in [0.25, 0.3) is 0 Å². The van der Waals surface area contributed by atoms with Crippen molar-refractivity contribution < 1.29 is 8.42 Å². The highest BCUT2D eigenvalue weighted by Crippen LogP contribution is 2.21. The van der Waals surface area contributed by atoms with Crippen LogP contribution in [0.3, 0.4) is 0 Å². The van der Waals surface area contributed by atoms with E-state index in [4.69, 9.17) is 0 Å². The van der Waals surface area contributed by atoms with Crippen LogP contribution >= 0.6 is 0 Å². The first-order chi connectivity index (χ1) is 6.16. The van der Waals surface area contributed by atoms with Crippen molar-refractivity contribution in [3.63, 3.8) is 0 Å². The van der Waals surface area contributed by atoms with Gasteiger partial charge >= 0.3 is 0 Å². The lowest BCUT2D eigenvalue weighted by atomic mass is 9.92. The highest BCUT2D eigenvalue weighted by molar-refractivity contribution is 7.91. The molecule has 0 bridgehead atoms. The summed E-state index contributed by atoms with van der Waals surface area (Å²) in [5.41, 5.74) is 0. The van der Waals surface area contributed by atoms with Crippen molar-refractivity contribution in [3.05, 3.63) is 0 Å². The van der Waals surface area contributed by atoms with Crippen LogP contribution < -0.4 is 5.32 Å². The Labute approximate surface area is 79.8 Å². The number of sulfone groups is 1. The van der Waals surface area contributed by atoms with Crippen LogP contribution in [0.15, 0.2) is 0 Å². The Balaban J connectivity index is 1.71. The Morgan fingerprint density at radius 1 is 1.23 bits per heavy atom. The smallest absolute Gasteiger partial charge is 0.150 e. The molecule has 4 heteroatoms. The molecule has 0 amide bonds. The maximum absolute atomic E-state index is 11.1. The summed E-state index contributed by atoms with van der Waals surface area (Å²) >= 11 is 0. The molecule has 0 aromatic rings. The van der Waals surface area contributed by atoms with Crippen molar-refractivity contribution in [3.8, 4) is 0 Å². The van der Waals surface area contributed by atoms with Gasteiger partial charge in [-0.3, -0.25) is 0 Å². The average Bonchev–Trinajstić information content (AvgIpc) is 2.27. The largest absolute Gasteiger partial charge is 0.314 e. The fourth-order valence-electron chi connectivity index (χ4n) is 1.98. The molecule has 3 nitrogen and oxygen atoms in total. The second kappa shape index (κ2) is 3.58. The number of rotatable bonds is 3. The Morgan fingerprint density at radius 2 is 2.00 bits per heavy atom. The predicted octanol–water partition coefficient (Wildman–Crippen LogP) is 0.563. The molecule has 1 aliphatic carbocycles. The maximum atomic E-state index is 11.1. The van der Waals surface area contributed by atoms with E-state index in [1.54, 1.807) is 0 Å². The molecule has 13 heavy (non-hydrogen) atoms. The molecular weight excluding hydrogens is 186 g/mol. The molecule has 1 atom stereocenters. The molecule has 0 aromatic heterocycles. The van der Waals surface area contributed by atoms with Gasteiger partial charge in [0.1, 0.15) is 0 Å². The number of hydrogen-bond acceptors (Lipinski definition) is 3. The van der Waals surface area contributed by atoms with Crippen molar-refractivity contribution >= 4 is 9.84 Å². The van der Waals surface area contributed by atoms with E-state index in [1.165, 1.54) is 19.3 Å². The SMILES string of the molecule is O=S1(=O)CCC(CNC2CCC2)C1. The maximum Gasteiger partial charge on any atom is 0.150 e. The highest BCUT2D eigenvalue weighted by atomic mass is 32.2.